The number of piperidine rings is 1. The van der Waals surface area contributed by atoms with Gasteiger partial charge in [-0.05, 0) is 61.9 Å². The zero-order chi connectivity index (χ0) is 27.0. The Kier molecular flexibility index (Phi) is 7.14. The van der Waals surface area contributed by atoms with Crippen molar-refractivity contribution in [1.82, 2.24) is 14.5 Å². The van der Waals surface area contributed by atoms with E-state index >= 15 is 0 Å². The number of ether oxygens (including phenoxy) is 2. The smallest absolute Gasteiger partial charge is 0.409 e. The number of hydrogen-bond donors (Lipinski definition) is 1. The molecule has 0 bridgehead atoms. The molecule has 1 aromatic heterocycles. The lowest BCUT2D eigenvalue weighted by Gasteiger charge is -2.32. The number of methoxy groups -OCH3 is 2. The minimum atomic E-state index is -0.761. The van der Waals surface area contributed by atoms with Crippen LogP contribution in [0, 0.1) is 11.7 Å². The zero-order valence-electron chi connectivity index (χ0n) is 21.9. The third-order valence-electron chi connectivity index (χ3n) is 7.74. The lowest BCUT2D eigenvalue weighted by Crippen LogP contribution is -2.38. The third-order valence-corrected chi connectivity index (χ3v) is 7.74. The second-order valence-electron chi connectivity index (χ2n) is 10.1. The Labute approximate surface area is 220 Å². The largest absolute Gasteiger partial charge is 0.497 e. The Bertz CT molecular complexity index is 1370. The van der Waals surface area contributed by atoms with E-state index in [1.807, 2.05) is 6.07 Å². The number of nitrogens with zero attached hydrogens (tertiary/aromatic N) is 4. The first-order valence-corrected chi connectivity index (χ1v) is 13.0. The number of hydrogen-bond acceptors (Lipinski definition) is 6. The molecule has 1 atom stereocenters. The van der Waals surface area contributed by atoms with Gasteiger partial charge in [0.05, 0.1) is 37.7 Å². The van der Waals surface area contributed by atoms with Crippen molar-refractivity contribution in [3.05, 3.63) is 52.8 Å². The number of carboxylic acids is 1. The van der Waals surface area contributed by atoms with Gasteiger partial charge in [0, 0.05) is 37.3 Å². The maximum Gasteiger partial charge on any atom is 0.409 e. The topological polar surface area (TPSA) is 97.1 Å². The normalized spacial score (nSPS) is 16.8. The summed E-state index contributed by atoms with van der Waals surface area (Å²) in [6.45, 7) is 4.23. The van der Waals surface area contributed by atoms with Crippen molar-refractivity contribution >= 4 is 29.0 Å². The number of aliphatic carboxylic acids is 1. The number of benzene rings is 2. The molecule has 202 valence electrons. The van der Waals surface area contributed by atoms with Gasteiger partial charge in [-0.15, -0.1) is 0 Å². The molecule has 0 spiro atoms. The van der Waals surface area contributed by atoms with Crippen LogP contribution in [0.25, 0.3) is 11.0 Å². The third kappa shape index (κ3) is 4.87. The number of anilines is 1. The summed E-state index contributed by atoms with van der Waals surface area (Å²) >= 11 is 0. The van der Waals surface area contributed by atoms with Gasteiger partial charge >= 0.3 is 12.1 Å². The van der Waals surface area contributed by atoms with Crippen molar-refractivity contribution in [3.8, 4) is 5.75 Å². The van der Waals surface area contributed by atoms with Crippen molar-refractivity contribution < 1.29 is 28.6 Å². The average molecular weight is 525 g/mol. The monoisotopic (exact) mass is 524 g/mol. The predicted molar refractivity (Wildman–Crippen MR) is 140 cm³/mol. The first kappa shape index (κ1) is 25.8. The van der Waals surface area contributed by atoms with Gasteiger partial charge in [0.2, 0.25) is 5.95 Å². The molecule has 10 heteroatoms. The van der Waals surface area contributed by atoms with Crippen LogP contribution in [0.5, 0.6) is 5.75 Å². The van der Waals surface area contributed by atoms with Gasteiger partial charge in [-0.3, -0.25) is 4.79 Å². The van der Waals surface area contributed by atoms with E-state index in [0.29, 0.717) is 57.6 Å². The van der Waals surface area contributed by atoms with Crippen molar-refractivity contribution in [3.63, 3.8) is 0 Å². The lowest BCUT2D eigenvalue weighted by molar-refractivity contribution is -0.142. The van der Waals surface area contributed by atoms with E-state index in [-0.39, 0.29) is 23.9 Å². The predicted octanol–water partition coefficient (Wildman–Crippen LogP) is 4.41. The number of aromatic nitrogens is 2. The van der Waals surface area contributed by atoms with Crippen LogP contribution in [0.1, 0.15) is 42.5 Å². The summed E-state index contributed by atoms with van der Waals surface area (Å²) in [6.07, 6.45) is 1.98. The van der Waals surface area contributed by atoms with Gasteiger partial charge in [0.25, 0.3) is 0 Å². The van der Waals surface area contributed by atoms with E-state index in [4.69, 9.17) is 14.5 Å². The van der Waals surface area contributed by atoms with Crippen molar-refractivity contribution in [2.24, 2.45) is 5.92 Å². The first-order valence-electron chi connectivity index (χ1n) is 13.0. The summed E-state index contributed by atoms with van der Waals surface area (Å²) < 4.78 is 26.7. The van der Waals surface area contributed by atoms with Crippen LogP contribution in [0.15, 0.2) is 30.3 Å². The highest BCUT2D eigenvalue weighted by Crippen LogP contribution is 2.36. The van der Waals surface area contributed by atoms with Crippen LogP contribution in [0.4, 0.5) is 15.1 Å². The number of imidazole rings is 1. The molecule has 9 nitrogen and oxygen atoms in total. The van der Waals surface area contributed by atoms with Crippen LogP contribution in [-0.4, -0.2) is 65.5 Å². The molecule has 1 amide bonds. The summed E-state index contributed by atoms with van der Waals surface area (Å²) in [5.74, 6) is -0.236. The number of carbonyl (C=O) groups excluding carboxylic acids is 1. The number of halogens is 1. The maximum atomic E-state index is 14.3. The Morgan fingerprint density at radius 2 is 1.92 bits per heavy atom. The average Bonchev–Trinajstić information content (AvgIpc) is 3.32. The molecule has 1 N–H and O–H groups in total. The van der Waals surface area contributed by atoms with Gasteiger partial charge in [-0.25, -0.2) is 14.2 Å². The molecule has 1 saturated heterocycles. The molecule has 0 saturated carbocycles. The van der Waals surface area contributed by atoms with Gasteiger partial charge in [0.1, 0.15) is 11.6 Å². The molecule has 2 aliphatic rings. The Morgan fingerprint density at radius 3 is 2.61 bits per heavy atom. The van der Waals surface area contributed by atoms with E-state index < -0.39 is 5.97 Å². The maximum absolute atomic E-state index is 14.3. The van der Waals surface area contributed by atoms with Crippen LogP contribution in [0.3, 0.4) is 0 Å². The molecule has 2 aromatic carbocycles. The van der Waals surface area contributed by atoms with Crippen molar-refractivity contribution in [2.45, 2.75) is 45.2 Å². The molecule has 0 aliphatic carbocycles. The molecular formula is C28H33FN4O5. The number of carbonyl (C=O) groups is 2. The molecule has 3 aromatic rings. The lowest BCUT2D eigenvalue weighted by atomic mass is 9.97. The van der Waals surface area contributed by atoms with Crippen LogP contribution in [0.2, 0.25) is 0 Å². The number of amides is 1. The summed E-state index contributed by atoms with van der Waals surface area (Å²) in [7, 11) is 2.90. The highest BCUT2D eigenvalue weighted by molar-refractivity contribution is 5.85. The highest BCUT2D eigenvalue weighted by Gasteiger charge is 2.31. The Morgan fingerprint density at radius 1 is 1.16 bits per heavy atom. The van der Waals surface area contributed by atoms with E-state index in [2.05, 4.69) is 28.5 Å². The van der Waals surface area contributed by atoms with Gasteiger partial charge in [0.15, 0.2) is 0 Å². The summed E-state index contributed by atoms with van der Waals surface area (Å²) in [6, 6.07) is 8.81. The van der Waals surface area contributed by atoms with Crippen molar-refractivity contribution in [1.29, 1.82) is 0 Å². The Balaban J connectivity index is 1.57. The molecule has 1 fully saturated rings. The standard InChI is InChI=1S/C28H33FN4O5/c1-17(12-18-13-21(29)15-22(14-18)37-2)33-24-5-4-19-6-11-32(28(36)38-3)16-23(19)25(24)30-27(33)31-9-7-20(8-10-31)26(34)35/h4-5,13-15,17,20H,6-12,16H2,1-3H3,(H,34,35)/t17-/m1/s1. The first-order chi connectivity index (χ1) is 18.3. The highest BCUT2D eigenvalue weighted by atomic mass is 19.1. The van der Waals surface area contributed by atoms with E-state index in [0.717, 1.165) is 33.7 Å². The minimum Gasteiger partial charge on any atom is -0.497 e. The summed E-state index contributed by atoms with van der Waals surface area (Å²) in [4.78, 5) is 32.8. The molecule has 5 rings (SSSR count). The number of carboxylic acid groups (broad SMARTS) is 1. The van der Waals surface area contributed by atoms with E-state index in [1.54, 1.807) is 4.90 Å². The minimum absolute atomic E-state index is 0.0861. The van der Waals surface area contributed by atoms with Gasteiger partial charge in [-0.1, -0.05) is 6.07 Å². The van der Waals surface area contributed by atoms with Crippen LogP contribution >= 0.6 is 0 Å². The molecule has 3 heterocycles. The SMILES string of the molecule is COC(=O)N1CCc2ccc3c(nc(N4CCC(C(=O)O)CC4)n3[C@H](C)Cc3cc(F)cc(OC)c3)c2C1. The van der Waals surface area contributed by atoms with E-state index in [9.17, 15) is 19.1 Å². The molecule has 0 unspecified atom stereocenters. The fraction of sp³-hybridized carbons (Fsp3) is 0.464. The molecule has 0 radical (unpaired) electrons. The van der Waals surface area contributed by atoms with Gasteiger partial charge in [-0.2, -0.15) is 0 Å². The summed E-state index contributed by atoms with van der Waals surface area (Å²) in [5.41, 5.74) is 4.72. The number of rotatable bonds is 6. The second kappa shape index (κ2) is 10.5. The van der Waals surface area contributed by atoms with Crippen LogP contribution in [-0.2, 0) is 28.9 Å². The number of fused-ring (bicyclic) bond motifs is 3. The van der Waals surface area contributed by atoms with Gasteiger partial charge < -0.3 is 28.9 Å². The molecule has 2 aliphatic heterocycles. The van der Waals surface area contributed by atoms with E-state index in [1.165, 1.54) is 26.4 Å². The van der Waals surface area contributed by atoms with Crippen LogP contribution < -0.4 is 9.64 Å². The second-order valence-corrected chi connectivity index (χ2v) is 10.1. The quantitative estimate of drug-likeness (QED) is 0.510. The fourth-order valence-corrected chi connectivity index (χ4v) is 5.74. The molecular weight excluding hydrogens is 491 g/mol. The summed E-state index contributed by atoms with van der Waals surface area (Å²) in [5, 5.41) is 9.48. The van der Waals surface area contributed by atoms with Crippen molar-refractivity contribution in [2.75, 3.05) is 38.8 Å². The zero-order valence-corrected chi connectivity index (χ0v) is 21.9. The Hall–Kier alpha value is -3.82. The molecule has 38 heavy (non-hydrogen) atoms. The fourth-order valence-electron chi connectivity index (χ4n) is 5.74.